The van der Waals surface area contributed by atoms with Gasteiger partial charge in [0.1, 0.15) is 11.6 Å². The van der Waals surface area contributed by atoms with Gasteiger partial charge in [-0.1, -0.05) is 6.92 Å². The molecule has 0 spiro atoms. The van der Waals surface area contributed by atoms with E-state index in [0.717, 1.165) is 19.6 Å². The van der Waals surface area contributed by atoms with Crippen LogP contribution in [0.15, 0.2) is 24.3 Å². The Morgan fingerprint density at radius 3 is 2.36 bits per heavy atom. The molecule has 1 amide bonds. The second-order valence-electron chi connectivity index (χ2n) is 6.63. The van der Waals surface area contributed by atoms with Crippen LogP contribution < -0.4 is 0 Å². The molecule has 1 aromatic carbocycles. The highest BCUT2D eigenvalue weighted by atomic mass is 19.1. The Morgan fingerprint density at radius 1 is 1.20 bits per heavy atom. The summed E-state index contributed by atoms with van der Waals surface area (Å²) in [6.07, 6.45) is 0. The van der Waals surface area contributed by atoms with Crippen molar-refractivity contribution >= 4 is 5.91 Å². The maximum absolute atomic E-state index is 13.1. The van der Waals surface area contributed by atoms with E-state index in [1.807, 2.05) is 4.90 Å². The molecule has 1 fully saturated rings. The van der Waals surface area contributed by atoms with Gasteiger partial charge < -0.3 is 4.90 Å². The van der Waals surface area contributed by atoms with Gasteiger partial charge in [-0.05, 0) is 51.6 Å². The molecule has 1 aromatic heterocycles. The maximum atomic E-state index is 13.1. The first kappa shape index (κ1) is 17.5. The van der Waals surface area contributed by atoms with E-state index < -0.39 is 0 Å². The Bertz CT molecular complexity index is 745. The number of carbonyl (C=O) groups is 1. The summed E-state index contributed by atoms with van der Waals surface area (Å²) in [6.45, 7) is 10.7. The lowest BCUT2D eigenvalue weighted by Gasteiger charge is -2.43. The zero-order valence-electron chi connectivity index (χ0n) is 15.1. The molecule has 0 aliphatic carbocycles. The van der Waals surface area contributed by atoms with Crippen LogP contribution in [0.5, 0.6) is 0 Å². The molecule has 3 rings (SSSR count). The Labute approximate surface area is 147 Å². The van der Waals surface area contributed by atoms with E-state index >= 15 is 0 Å². The van der Waals surface area contributed by atoms with Crippen LogP contribution in [0, 0.1) is 12.7 Å². The summed E-state index contributed by atoms with van der Waals surface area (Å²) < 4.78 is 14.7. The van der Waals surface area contributed by atoms with E-state index in [1.165, 1.54) is 12.1 Å². The molecule has 0 bridgehead atoms. The van der Waals surface area contributed by atoms with Crippen LogP contribution >= 0.6 is 0 Å². The number of carbonyl (C=O) groups excluding carboxylic acids is 1. The molecule has 2 aromatic rings. The van der Waals surface area contributed by atoms with Crippen LogP contribution in [-0.4, -0.2) is 62.2 Å². The van der Waals surface area contributed by atoms with Crippen LogP contribution in [0.3, 0.4) is 0 Å². The van der Waals surface area contributed by atoms with Gasteiger partial charge in [0.15, 0.2) is 0 Å². The molecule has 0 radical (unpaired) electrons. The molecule has 0 saturated carbocycles. The van der Waals surface area contributed by atoms with Crippen molar-refractivity contribution in [3.63, 3.8) is 0 Å². The molecule has 25 heavy (non-hydrogen) atoms. The van der Waals surface area contributed by atoms with Gasteiger partial charge in [-0.25, -0.2) is 14.1 Å². The van der Waals surface area contributed by atoms with Gasteiger partial charge in [-0.15, -0.1) is 5.10 Å². The number of halogens is 1. The fourth-order valence-electron chi connectivity index (χ4n) is 3.51. The fraction of sp³-hybridized carbons (Fsp3) is 0.500. The molecule has 2 heterocycles. The highest BCUT2D eigenvalue weighted by Gasteiger charge is 2.34. The van der Waals surface area contributed by atoms with E-state index in [-0.39, 0.29) is 29.6 Å². The lowest BCUT2D eigenvalue weighted by atomic mass is 10.1. The van der Waals surface area contributed by atoms with Crippen LogP contribution in [-0.2, 0) is 0 Å². The molecule has 0 N–H and O–H groups in total. The summed E-state index contributed by atoms with van der Waals surface area (Å²) >= 11 is 0. The van der Waals surface area contributed by atoms with E-state index in [4.69, 9.17) is 0 Å². The van der Waals surface area contributed by atoms with Crippen molar-refractivity contribution in [2.45, 2.75) is 39.8 Å². The topological polar surface area (TPSA) is 54.3 Å². The number of hydrogen-bond donors (Lipinski definition) is 0. The standard InChI is InChI=1S/C18H24FN5O/c1-5-22-10-12(2)23(13(3)11-22)18(25)17-20-14(4)24(21-17)16-8-6-15(19)7-9-16/h6-9,12-13H,5,10-11H2,1-4H3. The first-order valence-corrected chi connectivity index (χ1v) is 8.65. The van der Waals surface area contributed by atoms with Crippen LogP contribution in [0.4, 0.5) is 4.39 Å². The molecule has 1 aliphatic heterocycles. The molecule has 7 heteroatoms. The Kier molecular flexibility index (Phi) is 4.85. The monoisotopic (exact) mass is 345 g/mol. The summed E-state index contributed by atoms with van der Waals surface area (Å²) in [5, 5.41) is 4.37. The van der Waals surface area contributed by atoms with Gasteiger partial charge >= 0.3 is 0 Å². The molecule has 2 unspecified atom stereocenters. The van der Waals surface area contributed by atoms with Crippen LogP contribution in [0.1, 0.15) is 37.2 Å². The average Bonchev–Trinajstić information content (AvgIpc) is 2.96. The summed E-state index contributed by atoms with van der Waals surface area (Å²) in [7, 11) is 0. The van der Waals surface area contributed by atoms with Crippen molar-refractivity contribution in [2.24, 2.45) is 0 Å². The zero-order chi connectivity index (χ0) is 18.1. The number of aromatic nitrogens is 3. The summed E-state index contributed by atoms with van der Waals surface area (Å²) in [6, 6.07) is 6.19. The normalized spacial score (nSPS) is 21.6. The largest absolute Gasteiger partial charge is 0.328 e. The van der Waals surface area contributed by atoms with Gasteiger partial charge in [-0.2, -0.15) is 0 Å². The third-order valence-corrected chi connectivity index (χ3v) is 4.71. The second-order valence-corrected chi connectivity index (χ2v) is 6.63. The average molecular weight is 345 g/mol. The zero-order valence-corrected chi connectivity index (χ0v) is 15.1. The van der Waals surface area contributed by atoms with Gasteiger partial charge in [0.05, 0.1) is 5.69 Å². The van der Waals surface area contributed by atoms with Gasteiger partial charge in [-0.3, -0.25) is 9.69 Å². The van der Waals surface area contributed by atoms with Crippen molar-refractivity contribution in [3.05, 3.63) is 41.7 Å². The molecular formula is C18H24FN5O. The molecular weight excluding hydrogens is 321 g/mol. The third kappa shape index (κ3) is 3.42. The van der Waals surface area contributed by atoms with Crippen molar-refractivity contribution in [2.75, 3.05) is 19.6 Å². The number of likely N-dealkylation sites (N-methyl/N-ethyl adjacent to an activating group) is 1. The van der Waals surface area contributed by atoms with Crippen molar-refractivity contribution in [1.82, 2.24) is 24.6 Å². The Balaban J connectivity index is 1.86. The van der Waals surface area contributed by atoms with Crippen LogP contribution in [0.25, 0.3) is 5.69 Å². The molecule has 1 aliphatic rings. The van der Waals surface area contributed by atoms with E-state index in [2.05, 4.69) is 35.8 Å². The first-order chi connectivity index (χ1) is 11.9. The quantitative estimate of drug-likeness (QED) is 0.856. The Morgan fingerprint density at radius 2 is 1.80 bits per heavy atom. The summed E-state index contributed by atoms with van der Waals surface area (Å²) in [4.78, 5) is 21.5. The van der Waals surface area contributed by atoms with Crippen LogP contribution in [0.2, 0.25) is 0 Å². The molecule has 2 atom stereocenters. The number of aryl methyl sites for hydroxylation is 1. The SMILES string of the molecule is CCN1CC(C)N(C(=O)c2nc(C)n(-c3ccc(F)cc3)n2)C(C)C1. The van der Waals surface area contributed by atoms with Gasteiger partial charge in [0.25, 0.3) is 5.91 Å². The summed E-state index contributed by atoms with van der Waals surface area (Å²) in [5.74, 6) is 0.321. The van der Waals surface area contributed by atoms with E-state index in [1.54, 1.807) is 23.7 Å². The maximum Gasteiger partial charge on any atom is 0.294 e. The van der Waals surface area contributed by atoms with Gasteiger partial charge in [0.2, 0.25) is 5.82 Å². The lowest BCUT2D eigenvalue weighted by Crippen LogP contribution is -2.58. The smallest absolute Gasteiger partial charge is 0.294 e. The third-order valence-electron chi connectivity index (χ3n) is 4.71. The minimum absolute atomic E-state index is 0.106. The number of hydrogen-bond acceptors (Lipinski definition) is 4. The number of rotatable bonds is 3. The van der Waals surface area contributed by atoms with Crippen molar-refractivity contribution in [3.8, 4) is 5.69 Å². The molecule has 6 nitrogen and oxygen atoms in total. The second kappa shape index (κ2) is 6.92. The molecule has 1 saturated heterocycles. The number of benzene rings is 1. The fourth-order valence-corrected chi connectivity index (χ4v) is 3.51. The first-order valence-electron chi connectivity index (χ1n) is 8.65. The molecule has 134 valence electrons. The number of nitrogens with zero attached hydrogens (tertiary/aromatic N) is 5. The minimum atomic E-state index is -0.311. The Hall–Kier alpha value is -2.28. The minimum Gasteiger partial charge on any atom is -0.328 e. The predicted molar refractivity (Wildman–Crippen MR) is 93.3 cm³/mol. The van der Waals surface area contributed by atoms with E-state index in [0.29, 0.717) is 11.5 Å². The summed E-state index contributed by atoms with van der Waals surface area (Å²) in [5.41, 5.74) is 0.683. The van der Waals surface area contributed by atoms with Crippen molar-refractivity contribution < 1.29 is 9.18 Å². The van der Waals surface area contributed by atoms with Gasteiger partial charge in [0, 0.05) is 25.2 Å². The van der Waals surface area contributed by atoms with E-state index in [9.17, 15) is 9.18 Å². The number of piperazine rings is 1. The lowest BCUT2D eigenvalue weighted by molar-refractivity contribution is 0.0291. The highest BCUT2D eigenvalue weighted by molar-refractivity contribution is 5.91. The van der Waals surface area contributed by atoms with Crippen molar-refractivity contribution in [1.29, 1.82) is 0 Å². The number of amides is 1. The highest BCUT2D eigenvalue weighted by Crippen LogP contribution is 2.19. The predicted octanol–water partition coefficient (Wildman–Crippen LogP) is 2.27.